The van der Waals surface area contributed by atoms with E-state index >= 15 is 0 Å². The summed E-state index contributed by atoms with van der Waals surface area (Å²) in [5.74, 6) is 3.02. The summed E-state index contributed by atoms with van der Waals surface area (Å²) in [6, 6.07) is 0. The number of hydrogen-bond donors (Lipinski definition) is 0. The molecule has 4 heteroatoms. The molecule has 0 aromatic rings. The zero-order chi connectivity index (χ0) is 21.6. The number of esters is 1. The first-order valence-electron chi connectivity index (χ1n) is 13.3. The van der Waals surface area contributed by atoms with Crippen LogP contribution >= 0.6 is 17.0 Å². The van der Waals surface area contributed by atoms with Gasteiger partial charge in [-0.15, -0.1) is 17.0 Å². The van der Waals surface area contributed by atoms with Gasteiger partial charge in [-0.1, -0.05) is 58.3 Å². The zero-order valence-electron chi connectivity index (χ0n) is 20.9. The van der Waals surface area contributed by atoms with Crippen LogP contribution in [-0.2, 0) is 9.53 Å². The molecule has 0 amide bonds. The molecule has 2 atom stereocenters. The highest BCUT2D eigenvalue weighted by Gasteiger charge is 2.55. The van der Waals surface area contributed by atoms with Gasteiger partial charge < -0.3 is 9.64 Å². The molecule has 31 heavy (non-hydrogen) atoms. The SMILES string of the molecule is Br.CCCCCCCCCCC(CN(C)C)C(C)OC(=O)C12CC3CC(CC(C3)C1)C2. The van der Waals surface area contributed by atoms with Gasteiger partial charge in [-0.3, -0.25) is 4.79 Å². The Hall–Kier alpha value is -0.0900. The van der Waals surface area contributed by atoms with Gasteiger partial charge in [-0.25, -0.2) is 0 Å². The minimum atomic E-state index is -0.121. The molecule has 0 aromatic carbocycles. The van der Waals surface area contributed by atoms with Gasteiger partial charge in [0.1, 0.15) is 6.10 Å². The van der Waals surface area contributed by atoms with Crippen molar-refractivity contribution >= 4 is 23.0 Å². The van der Waals surface area contributed by atoms with E-state index in [1.54, 1.807) is 0 Å². The Morgan fingerprint density at radius 2 is 1.39 bits per heavy atom. The van der Waals surface area contributed by atoms with Gasteiger partial charge in [0.2, 0.25) is 0 Å². The minimum absolute atomic E-state index is 0. The van der Waals surface area contributed by atoms with Gasteiger partial charge in [-0.2, -0.15) is 0 Å². The summed E-state index contributed by atoms with van der Waals surface area (Å²) >= 11 is 0. The lowest BCUT2D eigenvalue weighted by Gasteiger charge is -2.55. The summed E-state index contributed by atoms with van der Waals surface area (Å²) in [7, 11) is 4.29. The van der Waals surface area contributed by atoms with E-state index < -0.39 is 0 Å². The van der Waals surface area contributed by atoms with E-state index in [4.69, 9.17) is 4.74 Å². The van der Waals surface area contributed by atoms with Crippen LogP contribution in [0.5, 0.6) is 0 Å². The van der Waals surface area contributed by atoms with Crippen LogP contribution in [-0.4, -0.2) is 37.6 Å². The molecule has 4 aliphatic rings. The smallest absolute Gasteiger partial charge is 0.312 e. The Bertz CT molecular complexity index is 500. The molecule has 0 spiro atoms. The lowest BCUT2D eigenvalue weighted by molar-refractivity contribution is -0.179. The van der Waals surface area contributed by atoms with Gasteiger partial charge in [0.05, 0.1) is 5.41 Å². The molecule has 0 N–H and O–H groups in total. The zero-order valence-corrected chi connectivity index (χ0v) is 22.6. The summed E-state index contributed by atoms with van der Waals surface area (Å²) in [6.07, 6.45) is 19.5. The molecule has 4 bridgehead atoms. The van der Waals surface area contributed by atoms with Gasteiger partial charge in [0, 0.05) is 12.5 Å². The molecular weight excluding hydrogens is 450 g/mol. The summed E-state index contributed by atoms with van der Waals surface area (Å²) in [4.78, 5) is 15.6. The second-order valence-electron chi connectivity index (χ2n) is 11.6. The van der Waals surface area contributed by atoms with Gasteiger partial charge in [-0.05, 0) is 83.7 Å². The fourth-order valence-corrected chi connectivity index (χ4v) is 7.23. The Labute approximate surface area is 203 Å². The third-order valence-corrected chi connectivity index (χ3v) is 8.46. The number of hydrogen-bond acceptors (Lipinski definition) is 3. The maximum absolute atomic E-state index is 13.4. The Morgan fingerprint density at radius 3 is 1.87 bits per heavy atom. The fraction of sp³-hybridized carbons (Fsp3) is 0.963. The maximum Gasteiger partial charge on any atom is 0.312 e. The van der Waals surface area contributed by atoms with E-state index in [1.807, 2.05) is 0 Å². The lowest BCUT2D eigenvalue weighted by Crippen LogP contribution is -2.51. The number of ether oxygens (including phenoxy) is 1. The van der Waals surface area contributed by atoms with Crippen molar-refractivity contribution < 1.29 is 9.53 Å². The van der Waals surface area contributed by atoms with Gasteiger partial charge in [0.25, 0.3) is 0 Å². The van der Waals surface area contributed by atoms with Crippen molar-refractivity contribution in [1.29, 1.82) is 0 Å². The molecule has 0 aromatic heterocycles. The van der Waals surface area contributed by atoms with Crippen LogP contribution in [0.4, 0.5) is 0 Å². The molecule has 0 radical (unpaired) electrons. The monoisotopic (exact) mass is 499 g/mol. The normalized spacial score (nSPS) is 30.8. The number of unbranched alkanes of at least 4 members (excludes halogenated alkanes) is 7. The largest absolute Gasteiger partial charge is 0.462 e. The highest BCUT2D eigenvalue weighted by atomic mass is 79.9. The van der Waals surface area contributed by atoms with E-state index in [1.165, 1.54) is 77.0 Å². The van der Waals surface area contributed by atoms with Crippen LogP contribution in [0.25, 0.3) is 0 Å². The van der Waals surface area contributed by atoms with Crippen LogP contribution in [0, 0.1) is 29.1 Å². The summed E-state index contributed by atoms with van der Waals surface area (Å²) < 4.78 is 6.26. The average Bonchev–Trinajstić information content (AvgIpc) is 2.67. The molecule has 2 unspecified atom stereocenters. The quantitative estimate of drug-likeness (QED) is 0.184. The van der Waals surface area contributed by atoms with Crippen molar-refractivity contribution in [2.24, 2.45) is 29.1 Å². The molecule has 182 valence electrons. The van der Waals surface area contributed by atoms with Crippen molar-refractivity contribution in [3.63, 3.8) is 0 Å². The molecule has 0 heterocycles. The second-order valence-corrected chi connectivity index (χ2v) is 11.6. The third kappa shape index (κ3) is 7.73. The molecule has 4 saturated carbocycles. The number of carbonyl (C=O) groups is 1. The molecular formula is C27H50BrNO2. The molecule has 4 rings (SSSR count). The lowest BCUT2D eigenvalue weighted by atomic mass is 9.49. The Morgan fingerprint density at radius 1 is 0.903 bits per heavy atom. The van der Waals surface area contributed by atoms with E-state index in [0.29, 0.717) is 5.92 Å². The van der Waals surface area contributed by atoms with E-state index in [2.05, 4.69) is 32.8 Å². The molecule has 3 nitrogen and oxygen atoms in total. The first kappa shape index (κ1) is 27.2. The van der Waals surface area contributed by atoms with Crippen molar-refractivity contribution in [1.82, 2.24) is 4.90 Å². The number of halogens is 1. The number of carbonyl (C=O) groups excluding carboxylic acids is 1. The van der Waals surface area contributed by atoms with Gasteiger partial charge >= 0.3 is 5.97 Å². The second kappa shape index (κ2) is 13.0. The highest BCUT2D eigenvalue weighted by Crippen LogP contribution is 2.60. The minimum Gasteiger partial charge on any atom is -0.462 e. The third-order valence-electron chi connectivity index (χ3n) is 8.46. The van der Waals surface area contributed by atoms with E-state index in [0.717, 1.165) is 43.6 Å². The van der Waals surface area contributed by atoms with Crippen LogP contribution in [0.1, 0.15) is 110 Å². The summed E-state index contributed by atoms with van der Waals surface area (Å²) in [6.45, 7) is 5.46. The van der Waals surface area contributed by atoms with E-state index in [9.17, 15) is 4.79 Å². The predicted molar refractivity (Wildman–Crippen MR) is 136 cm³/mol. The van der Waals surface area contributed by atoms with Crippen molar-refractivity contribution in [2.75, 3.05) is 20.6 Å². The highest BCUT2D eigenvalue weighted by molar-refractivity contribution is 8.93. The number of rotatable bonds is 14. The van der Waals surface area contributed by atoms with Crippen LogP contribution < -0.4 is 0 Å². The first-order valence-corrected chi connectivity index (χ1v) is 13.3. The molecule has 4 fully saturated rings. The standard InChI is InChI=1S/C27H49NO2.BrH/c1-5-6-7-8-9-10-11-12-13-25(20-28(3)4)21(2)30-26(29)27-17-22-14-23(18-27)16-24(15-22)19-27;/h21-25H,5-20H2,1-4H3;1H. The van der Waals surface area contributed by atoms with Gasteiger partial charge in [0.15, 0.2) is 0 Å². The topological polar surface area (TPSA) is 29.5 Å². The molecule has 0 saturated heterocycles. The summed E-state index contributed by atoms with van der Waals surface area (Å²) in [5, 5.41) is 0. The Kier molecular flexibility index (Phi) is 11.4. The van der Waals surface area contributed by atoms with Crippen LogP contribution in [0.2, 0.25) is 0 Å². The Balaban J connectivity index is 0.00000341. The molecule has 4 aliphatic carbocycles. The average molecular weight is 501 g/mol. The maximum atomic E-state index is 13.4. The predicted octanol–water partition coefficient (Wildman–Crippen LogP) is 7.42. The van der Waals surface area contributed by atoms with Crippen molar-refractivity contribution in [3.05, 3.63) is 0 Å². The summed E-state index contributed by atoms with van der Waals surface area (Å²) in [5.41, 5.74) is -0.121. The fourth-order valence-electron chi connectivity index (χ4n) is 7.23. The van der Waals surface area contributed by atoms with Crippen molar-refractivity contribution in [2.45, 2.75) is 116 Å². The van der Waals surface area contributed by atoms with Crippen molar-refractivity contribution in [3.8, 4) is 0 Å². The molecule has 0 aliphatic heterocycles. The van der Waals surface area contributed by atoms with Crippen LogP contribution in [0.3, 0.4) is 0 Å². The van der Waals surface area contributed by atoms with Crippen LogP contribution in [0.15, 0.2) is 0 Å². The first-order chi connectivity index (χ1) is 14.4. The number of nitrogens with zero attached hydrogens (tertiary/aromatic N) is 1. The van der Waals surface area contributed by atoms with E-state index in [-0.39, 0.29) is 34.5 Å².